The van der Waals surface area contributed by atoms with Crippen molar-refractivity contribution in [1.82, 2.24) is 10.3 Å². The number of carbonyl (C=O) groups is 2. The minimum Gasteiger partial charge on any atom is -0.403 e. The van der Waals surface area contributed by atoms with Crippen molar-refractivity contribution in [1.29, 1.82) is 0 Å². The van der Waals surface area contributed by atoms with Gasteiger partial charge in [-0.05, 0) is 29.8 Å². The van der Waals surface area contributed by atoms with Crippen LogP contribution in [0.4, 0.5) is 23.4 Å². The molecule has 0 unspecified atom stereocenters. The molecule has 0 aliphatic heterocycles. The molecule has 10 heteroatoms. The highest BCUT2D eigenvalue weighted by Crippen LogP contribution is 2.26. The van der Waals surface area contributed by atoms with Crippen LogP contribution in [0.25, 0.3) is 0 Å². The molecule has 0 saturated carbocycles. The third-order valence-corrected chi connectivity index (χ3v) is 3.00. The summed E-state index contributed by atoms with van der Waals surface area (Å²) >= 11 is 0. The van der Waals surface area contributed by atoms with E-state index >= 15 is 0 Å². The highest BCUT2D eigenvalue weighted by Gasteiger charge is 2.32. The quantitative estimate of drug-likeness (QED) is 0.792. The number of halogens is 4. The average molecular weight is 371 g/mol. The molecule has 1 aromatic carbocycles. The number of nitrogens with zero attached hydrogens (tertiary/aromatic N) is 1. The number of hydrogen-bond donors (Lipinski definition) is 2. The predicted molar refractivity (Wildman–Crippen MR) is 82.8 cm³/mol. The smallest absolute Gasteiger partial charge is 0.403 e. The van der Waals surface area contributed by atoms with Gasteiger partial charge in [0, 0.05) is 25.2 Å². The molecule has 138 valence electrons. The van der Waals surface area contributed by atoms with Crippen molar-refractivity contribution < 1.29 is 31.9 Å². The molecule has 2 N–H and O–H groups in total. The average Bonchev–Trinajstić information content (AvgIpc) is 2.53. The van der Waals surface area contributed by atoms with Crippen molar-refractivity contribution in [2.75, 3.05) is 5.32 Å². The van der Waals surface area contributed by atoms with E-state index in [1.54, 1.807) is 0 Å². The van der Waals surface area contributed by atoms with Gasteiger partial charge >= 0.3 is 6.36 Å². The number of benzene rings is 1. The fourth-order valence-corrected chi connectivity index (χ4v) is 1.97. The molecule has 0 saturated heterocycles. The molecule has 0 bridgehead atoms. The first-order chi connectivity index (χ1) is 12.1. The van der Waals surface area contributed by atoms with E-state index in [0.717, 1.165) is 12.1 Å². The SMILES string of the molecule is CC(=O)Nc1cc(C(=O)NCc2ccc(OC(F)(F)F)c(F)c2)ccn1. The fraction of sp³-hybridized carbons (Fsp3) is 0.188. The van der Waals surface area contributed by atoms with Crippen LogP contribution in [0.2, 0.25) is 0 Å². The Balaban J connectivity index is 2.01. The summed E-state index contributed by atoms with van der Waals surface area (Å²) in [6.45, 7) is 1.16. The number of carbonyl (C=O) groups excluding carboxylic acids is 2. The van der Waals surface area contributed by atoms with E-state index in [0.29, 0.717) is 0 Å². The molecule has 26 heavy (non-hydrogen) atoms. The lowest BCUT2D eigenvalue weighted by atomic mass is 10.2. The van der Waals surface area contributed by atoms with Crippen molar-refractivity contribution in [2.45, 2.75) is 19.8 Å². The van der Waals surface area contributed by atoms with Gasteiger partial charge in [0.1, 0.15) is 5.82 Å². The molecule has 0 aliphatic rings. The lowest BCUT2D eigenvalue weighted by Gasteiger charge is -2.11. The normalized spacial score (nSPS) is 11.0. The lowest BCUT2D eigenvalue weighted by molar-refractivity contribution is -0.275. The third-order valence-electron chi connectivity index (χ3n) is 3.00. The largest absolute Gasteiger partial charge is 0.573 e. The topological polar surface area (TPSA) is 80.3 Å². The minimum atomic E-state index is -5.00. The zero-order valence-corrected chi connectivity index (χ0v) is 13.4. The van der Waals surface area contributed by atoms with Gasteiger partial charge in [-0.1, -0.05) is 6.07 Å². The summed E-state index contributed by atoms with van der Waals surface area (Å²) in [6.07, 6.45) is -3.67. The summed E-state index contributed by atoms with van der Waals surface area (Å²) < 4.78 is 53.4. The number of amides is 2. The lowest BCUT2D eigenvalue weighted by Crippen LogP contribution is -2.23. The van der Waals surface area contributed by atoms with Gasteiger partial charge in [-0.2, -0.15) is 0 Å². The zero-order valence-electron chi connectivity index (χ0n) is 13.4. The van der Waals surface area contributed by atoms with E-state index in [-0.39, 0.29) is 29.4 Å². The molecule has 0 fully saturated rings. The minimum absolute atomic E-state index is 0.125. The van der Waals surface area contributed by atoms with E-state index < -0.39 is 23.8 Å². The Bertz CT molecular complexity index is 825. The van der Waals surface area contributed by atoms with Gasteiger partial charge < -0.3 is 15.4 Å². The van der Waals surface area contributed by atoms with E-state index in [2.05, 4.69) is 20.4 Å². The van der Waals surface area contributed by atoms with Gasteiger partial charge in [-0.25, -0.2) is 9.37 Å². The Morgan fingerprint density at radius 3 is 2.54 bits per heavy atom. The summed E-state index contributed by atoms with van der Waals surface area (Å²) in [5.41, 5.74) is 0.433. The van der Waals surface area contributed by atoms with Gasteiger partial charge in [0.15, 0.2) is 11.6 Å². The van der Waals surface area contributed by atoms with Crippen molar-refractivity contribution >= 4 is 17.6 Å². The van der Waals surface area contributed by atoms with Crippen LogP contribution in [-0.2, 0) is 11.3 Å². The van der Waals surface area contributed by atoms with Crippen LogP contribution in [-0.4, -0.2) is 23.2 Å². The second kappa shape index (κ2) is 7.81. The highest BCUT2D eigenvalue weighted by molar-refractivity contribution is 5.96. The number of hydrogen-bond acceptors (Lipinski definition) is 4. The number of ether oxygens (including phenoxy) is 1. The maximum Gasteiger partial charge on any atom is 0.573 e. The second-order valence-corrected chi connectivity index (χ2v) is 5.11. The molecule has 0 aliphatic carbocycles. The molecule has 2 aromatic rings. The van der Waals surface area contributed by atoms with Gasteiger partial charge in [-0.15, -0.1) is 13.2 Å². The molecule has 0 spiro atoms. The standard InChI is InChI=1S/C16H13F4N3O3/c1-9(24)23-14-7-11(4-5-21-14)15(25)22-8-10-2-3-13(12(17)6-10)26-16(18,19)20/h2-7H,8H2,1H3,(H,22,25)(H,21,23,24). The van der Waals surface area contributed by atoms with Gasteiger partial charge in [0.05, 0.1) is 0 Å². The number of aromatic nitrogens is 1. The third kappa shape index (κ3) is 5.72. The first-order valence-corrected chi connectivity index (χ1v) is 7.20. The van der Waals surface area contributed by atoms with E-state index in [9.17, 15) is 27.2 Å². The first-order valence-electron chi connectivity index (χ1n) is 7.20. The van der Waals surface area contributed by atoms with Crippen molar-refractivity contribution in [2.24, 2.45) is 0 Å². The van der Waals surface area contributed by atoms with E-state index in [1.165, 1.54) is 31.3 Å². The fourth-order valence-electron chi connectivity index (χ4n) is 1.97. The molecule has 6 nitrogen and oxygen atoms in total. The molecule has 0 atom stereocenters. The molecule has 0 radical (unpaired) electrons. The molecule has 2 amide bonds. The molecule has 2 rings (SSSR count). The van der Waals surface area contributed by atoms with Crippen LogP contribution in [0.15, 0.2) is 36.5 Å². The second-order valence-electron chi connectivity index (χ2n) is 5.11. The van der Waals surface area contributed by atoms with Gasteiger partial charge in [0.25, 0.3) is 5.91 Å². The van der Waals surface area contributed by atoms with Crippen LogP contribution in [0.1, 0.15) is 22.8 Å². The summed E-state index contributed by atoms with van der Waals surface area (Å²) in [5, 5.41) is 4.90. The molecule has 1 heterocycles. The Morgan fingerprint density at radius 2 is 1.92 bits per heavy atom. The number of pyridine rings is 1. The maximum atomic E-state index is 13.6. The maximum absolute atomic E-state index is 13.6. The number of alkyl halides is 3. The zero-order chi connectivity index (χ0) is 19.3. The van der Waals surface area contributed by atoms with Crippen LogP contribution in [0, 0.1) is 5.82 Å². The van der Waals surface area contributed by atoms with Crippen LogP contribution in [0.5, 0.6) is 5.75 Å². The summed E-state index contributed by atoms with van der Waals surface area (Å²) in [5.74, 6) is -2.86. The molecule has 1 aromatic heterocycles. The van der Waals surface area contributed by atoms with Crippen molar-refractivity contribution in [3.63, 3.8) is 0 Å². The number of anilines is 1. The van der Waals surface area contributed by atoms with E-state index in [4.69, 9.17) is 0 Å². The highest BCUT2D eigenvalue weighted by atomic mass is 19.4. The number of rotatable bonds is 5. The Kier molecular flexibility index (Phi) is 5.75. The summed E-state index contributed by atoms with van der Waals surface area (Å²) in [6, 6.07) is 5.60. The van der Waals surface area contributed by atoms with Crippen molar-refractivity contribution in [3.05, 3.63) is 53.5 Å². The van der Waals surface area contributed by atoms with Crippen LogP contribution in [0.3, 0.4) is 0 Å². The predicted octanol–water partition coefficient (Wildman–Crippen LogP) is 3.01. The Morgan fingerprint density at radius 1 is 1.19 bits per heavy atom. The first kappa shape index (κ1) is 19.2. The monoisotopic (exact) mass is 371 g/mol. The Labute approximate surface area is 145 Å². The Hall–Kier alpha value is -3.17. The summed E-state index contributed by atoms with van der Waals surface area (Å²) in [7, 11) is 0. The van der Waals surface area contributed by atoms with Gasteiger partial charge in [-0.3, -0.25) is 9.59 Å². The van der Waals surface area contributed by atoms with E-state index in [1.807, 2.05) is 0 Å². The molecular weight excluding hydrogens is 358 g/mol. The van der Waals surface area contributed by atoms with Crippen molar-refractivity contribution in [3.8, 4) is 5.75 Å². The van der Waals surface area contributed by atoms with Crippen LogP contribution < -0.4 is 15.4 Å². The van der Waals surface area contributed by atoms with Gasteiger partial charge in [0.2, 0.25) is 5.91 Å². The number of nitrogens with one attached hydrogen (secondary N) is 2. The molecular formula is C16H13F4N3O3. The summed E-state index contributed by atoms with van der Waals surface area (Å²) in [4.78, 5) is 26.9. The van der Waals surface area contributed by atoms with Crippen LogP contribution >= 0.6 is 0 Å².